The molecule has 0 aromatic heterocycles. The third kappa shape index (κ3) is 3.43. The first kappa shape index (κ1) is 12.3. The molecule has 0 aliphatic heterocycles. The number of carbonyl (C=O) groups excluding carboxylic acids is 1. The molecule has 5 nitrogen and oxygen atoms in total. The first-order valence-corrected chi connectivity index (χ1v) is 5.12. The van der Waals surface area contributed by atoms with Gasteiger partial charge in [-0.3, -0.25) is 4.79 Å². The highest BCUT2D eigenvalue weighted by Gasteiger charge is 2.08. The van der Waals surface area contributed by atoms with Crippen LogP contribution in [0.4, 0.5) is 11.4 Å². The van der Waals surface area contributed by atoms with Gasteiger partial charge >= 0.3 is 0 Å². The number of anilines is 2. The van der Waals surface area contributed by atoms with E-state index in [1.54, 1.807) is 25.1 Å². The average Bonchev–Trinajstić information content (AvgIpc) is 2.16. The Labute approximate surface area is 94.4 Å². The van der Waals surface area contributed by atoms with E-state index in [0.29, 0.717) is 29.9 Å². The lowest BCUT2D eigenvalue weighted by atomic mass is 10.1. The Morgan fingerprint density at radius 2 is 2.25 bits per heavy atom. The largest absolute Gasteiger partial charge is 0.399 e. The van der Waals surface area contributed by atoms with Gasteiger partial charge in [0.15, 0.2) is 0 Å². The molecule has 1 unspecified atom stereocenters. The van der Waals surface area contributed by atoms with E-state index in [1.807, 2.05) is 0 Å². The summed E-state index contributed by atoms with van der Waals surface area (Å²) in [7, 11) is 0. The quantitative estimate of drug-likeness (QED) is 0.547. The van der Waals surface area contributed by atoms with Gasteiger partial charge in [-0.2, -0.15) is 0 Å². The number of aliphatic hydroxyl groups is 1. The maximum atomic E-state index is 11.1. The fourth-order valence-corrected chi connectivity index (χ4v) is 1.34. The number of rotatable bonds is 5. The minimum Gasteiger partial charge on any atom is -0.399 e. The molecule has 0 aliphatic carbocycles. The van der Waals surface area contributed by atoms with Crippen molar-refractivity contribution in [3.05, 3.63) is 23.8 Å². The maximum Gasteiger partial charge on any atom is 0.250 e. The minimum atomic E-state index is -0.500. The van der Waals surface area contributed by atoms with Gasteiger partial charge in [-0.1, -0.05) is 0 Å². The molecule has 0 saturated carbocycles. The fraction of sp³-hybridized carbons (Fsp3) is 0.364. The van der Waals surface area contributed by atoms with Gasteiger partial charge < -0.3 is 21.9 Å². The molecule has 88 valence electrons. The molecule has 16 heavy (non-hydrogen) atoms. The number of hydrogen-bond donors (Lipinski definition) is 4. The van der Waals surface area contributed by atoms with Crippen LogP contribution in [0.25, 0.3) is 0 Å². The Morgan fingerprint density at radius 1 is 1.56 bits per heavy atom. The van der Waals surface area contributed by atoms with Gasteiger partial charge in [0.05, 0.1) is 11.7 Å². The van der Waals surface area contributed by atoms with E-state index in [4.69, 9.17) is 16.6 Å². The molecular formula is C11H17N3O2. The highest BCUT2D eigenvalue weighted by molar-refractivity contribution is 5.99. The van der Waals surface area contributed by atoms with E-state index in [-0.39, 0.29) is 6.10 Å². The predicted octanol–water partition coefficient (Wildman–Crippen LogP) is 0.551. The van der Waals surface area contributed by atoms with Crippen LogP contribution >= 0.6 is 0 Å². The van der Waals surface area contributed by atoms with E-state index < -0.39 is 5.91 Å². The van der Waals surface area contributed by atoms with E-state index in [0.717, 1.165) is 0 Å². The fourth-order valence-electron chi connectivity index (χ4n) is 1.34. The maximum absolute atomic E-state index is 11.1. The van der Waals surface area contributed by atoms with E-state index in [1.165, 1.54) is 0 Å². The van der Waals surface area contributed by atoms with Crippen LogP contribution in [-0.4, -0.2) is 23.7 Å². The third-order valence-electron chi connectivity index (χ3n) is 2.19. The second kappa shape index (κ2) is 5.37. The van der Waals surface area contributed by atoms with Crippen LogP contribution < -0.4 is 16.8 Å². The summed E-state index contributed by atoms with van der Waals surface area (Å²) in [6.07, 6.45) is 0.207. The topological polar surface area (TPSA) is 101 Å². The Kier molecular flexibility index (Phi) is 4.13. The van der Waals surface area contributed by atoms with Crippen molar-refractivity contribution in [1.82, 2.24) is 0 Å². The van der Waals surface area contributed by atoms with Crippen molar-refractivity contribution in [1.29, 1.82) is 0 Å². The molecule has 1 rings (SSSR count). The van der Waals surface area contributed by atoms with Crippen molar-refractivity contribution in [3.63, 3.8) is 0 Å². The first-order chi connectivity index (χ1) is 7.50. The Bertz CT molecular complexity index is 377. The van der Waals surface area contributed by atoms with Gasteiger partial charge in [0.2, 0.25) is 0 Å². The minimum absolute atomic E-state index is 0.384. The molecule has 1 amide bonds. The molecule has 0 heterocycles. The summed E-state index contributed by atoms with van der Waals surface area (Å²) in [6, 6.07) is 4.87. The molecule has 0 fully saturated rings. The lowest BCUT2D eigenvalue weighted by Gasteiger charge is -2.11. The van der Waals surface area contributed by atoms with Crippen molar-refractivity contribution < 1.29 is 9.90 Å². The Hall–Kier alpha value is -1.75. The number of amides is 1. The standard InChI is InChI=1S/C11H17N3O2/c1-7(15)4-5-14-10-6-8(12)2-3-9(10)11(13)16/h2-3,6-7,14-15H,4-5,12H2,1H3,(H2,13,16). The number of hydrogen-bond acceptors (Lipinski definition) is 4. The smallest absolute Gasteiger partial charge is 0.250 e. The molecule has 0 saturated heterocycles. The van der Waals surface area contributed by atoms with Crippen LogP contribution in [0.5, 0.6) is 0 Å². The van der Waals surface area contributed by atoms with E-state index >= 15 is 0 Å². The van der Waals surface area contributed by atoms with Gasteiger partial charge in [0, 0.05) is 17.9 Å². The number of benzene rings is 1. The lowest BCUT2D eigenvalue weighted by molar-refractivity contribution is 0.100. The van der Waals surface area contributed by atoms with Crippen molar-refractivity contribution >= 4 is 17.3 Å². The zero-order valence-corrected chi connectivity index (χ0v) is 9.23. The Morgan fingerprint density at radius 3 is 2.81 bits per heavy atom. The van der Waals surface area contributed by atoms with Crippen LogP contribution in [-0.2, 0) is 0 Å². The summed E-state index contributed by atoms with van der Waals surface area (Å²) in [5.41, 5.74) is 12.4. The van der Waals surface area contributed by atoms with Crippen LogP contribution in [0.3, 0.4) is 0 Å². The van der Waals surface area contributed by atoms with Crippen molar-refractivity contribution in [2.45, 2.75) is 19.4 Å². The van der Waals surface area contributed by atoms with Gasteiger partial charge in [-0.25, -0.2) is 0 Å². The molecule has 1 aromatic rings. The molecular weight excluding hydrogens is 206 g/mol. The van der Waals surface area contributed by atoms with Gasteiger partial charge in [0.25, 0.3) is 5.91 Å². The lowest BCUT2D eigenvalue weighted by Crippen LogP contribution is -2.16. The molecule has 6 N–H and O–H groups in total. The monoisotopic (exact) mass is 223 g/mol. The summed E-state index contributed by atoms with van der Waals surface area (Å²) < 4.78 is 0. The number of aliphatic hydroxyl groups excluding tert-OH is 1. The van der Waals surface area contributed by atoms with E-state index in [9.17, 15) is 4.79 Å². The van der Waals surface area contributed by atoms with Crippen molar-refractivity contribution in [2.75, 3.05) is 17.6 Å². The molecule has 0 bridgehead atoms. The zero-order valence-electron chi connectivity index (χ0n) is 9.23. The highest BCUT2D eigenvalue weighted by Crippen LogP contribution is 2.18. The molecule has 1 aromatic carbocycles. The molecule has 0 aliphatic rings. The molecule has 0 radical (unpaired) electrons. The summed E-state index contributed by atoms with van der Waals surface area (Å²) in [5, 5.41) is 12.1. The number of primary amides is 1. The number of nitrogens with two attached hydrogens (primary N) is 2. The summed E-state index contributed by atoms with van der Waals surface area (Å²) in [6.45, 7) is 2.26. The van der Waals surface area contributed by atoms with Crippen LogP contribution in [0.2, 0.25) is 0 Å². The van der Waals surface area contributed by atoms with Crippen molar-refractivity contribution in [3.8, 4) is 0 Å². The molecule has 1 atom stereocenters. The number of nitrogen functional groups attached to an aromatic ring is 1. The predicted molar refractivity (Wildman–Crippen MR) is 64.2 cm³/mol. The van der Waals surface area contributed by atoms with Gasteiger partial charge in [0.1, 0.15) is 0 Å². The first-order valence-electron chi connectivity index (χ1n) is 5.12. The van der Waals surface area contributed by atoms with Crippen LogP contribution in [0, 0.1) is 0 Å². The summed E-state index contributed by atoms with van der Waals surface area (Å²) >= 11 is 0. The summed E-state index contributed by atoms with van der Waals surface area (Å²) in [5.74, 6) is -0.500. The zero-order chi connectivity index (χ0) is 12.1. The van der Waals surface area contributed by atoms with E-state index in [2.05, 4.69) is 5.32 Å². The second-order valence-electron chi connectivity index (χ2n) is 3.73. The Balaban J connectivity index is 2.76. The SMILES string of the molecule is CC(O)CCNc1cc(N)ccc1C(N)=O. The molecule has 0 spiro atoms. The van der Waals surface area contributed by atoms with Crippen molar-refractivity contribution in [2.24, 2.45) is 5.73 Å². The second-order valence-corrected chi connectivity index (χ2v) is 3.73. The van der Waals surface area contributed by atoms with Gasteiger partial charge in [-0.15, -0.1) is 0 Å². The van der Waals surface area contributed by atoms with Crippen LogP contribution in [0.15, 0.2) is 18.2 Å². The normalized spacial score (nSPS) is 12.1. The number of carbonyl (C=O) groups is 1. The van der Waals surface area contributed by atoms with Gasteiger partial charge in [-0.05, 0) is 31.5 Å². The summed E-state index contributed by atoms with van der Waals surface area (Å²) in [4.78, 5) is 11.1. The van der Waals surface area contributed by atoms with Crippen LogP contribution in [0.1, 0.15) is 23.7 Å². The number of nitrogens with one attached hydrogen (secondary N) is 1. The third-order valence-corrected chi connectivity index (χ3v) is 2.19. The average molecular weight is 223 g/mol. The highest BCUT2D eigenvalue weighted by atomic mass is 16.3. The molecule has 5 heteroatoms.